The maximum atomic E-state index is 13.7. The van der Waals surface area contributed by atoms with Gasteiger partial charge in [-0.2, -0.15) is 5.10 Å². The molecule has 1 aromatic heterocycles. The smallest absolute Gasteiger partial charge is 0.131 e. The van der Waals surface area contributed by atoms with Crippen molar-refractivity contribution >= 4 is 11.6 Å². The number of nitrogens with zero attached hydrogens (tertiary/aromatic N) is 2. The molecule has 16 heavy (non-hydrogen) atoms. The van der Waals surface area contributed by atoms with Crippen molar-refractivity contribution in [1.82, 2.24) is 9.78 Å². The topological polar surface area (TPSA) is 17.8 Å². The second-order valence-corrected chi connectivity index (χ2v) is 3.76. The third kappa shape index (κ3) is 1.95. The summed E-state index contributed by atoms with van der Waals surface area (Å²) >= 11 is 5.80. The first-order valence-corrected chi connectivity index (χ1v) is 5.66. The summed E-state index contributed by atoms with van der Waals surface area (Å²) in [7, 11) is 0. The highest BCUT2D eigenvalue weighted by molar-refractivity contribution is 6.17. The molecule has 0 aliphatic carbocycles. The normalized spacial score (nSPS) is 10.7. The molecular formula is C12H12ClFN2. The Morgan fingerprint density at radius 2 is 2.25 bits per heavy atom. The summed E-state index contributed by atoms with van der Waals surface area (Å²) in [6.07, 6.45) is 3.49. The van der Waals surface area contributed by atoms with Crippen LogP contribution in [0.1, 0.15) is 12.5 Å². The third-order valence-electron chi connectivity index (χ3n) is 2.49. The molecule has 0 spiro atoms. The van der Waals surface area contributed by atoms with Crippen LogP contribution in [0.3, 0.4) is 0 Å². The molecule has 1 heterocycles. The first-order valence-electron chi connectivity index (χ1n) is 5.12. The van der Waals surface area contributed by atoms with Gasteiger partial charge in [-0.15, -0.1) is 11.6 Å². The molecule has 0 N–H and O–H groups in total. The molecule has 0 radical (unpaired) electrons. The lowest BCUT2D eigenvalue weighted by atomic mass is 10.0. The Balaban J connectivity index is 2.53. The van der Waals surface area contributed by atoms with E-state index in [-0.39, 0.29) is 5.82 Å². The predicted molar refractivity (Wildman–Crippen MR) is 62.9 cm³/mol. The van der Waals surface area contributed by atoms with Crippen molar-refractivity contribution in [3.8, 4) is 11.1 Å². The fourth-order valence-electron chi connectivity index (χ4n) is 1.67. The lowest BCUT2D eigenvalue weighted by molar-refractivity contribution is 0.630. The van der Waals surface area contributed by atoms with Crippen molar-refractivity contribution in [2.45, 2.75) is 19.3 Å². The van der Waals surface area contributed by atoms with E-state index in [1.54, 1.807) is 16.9 Å². The SMILES string of the molecule is CCn1cc(-c2c(F)cccc2CCl)cn1. The van der Waals surface area contributed by atoms with Gasteiger partial charge in [-0.05, 0) is 18.6 Å². The second kappa shape index (κ2) is 4.66. The molecule has 0 atom stereocenters. The first-order chi connectivity index (χ1) is 7.76. The van der Waals surface area contributed by atoms with Gasteiger partial charge in [0.1, 0.15) is 5.82 Å². The van der Waals surface area contributed by atoms with E-state index in [0.29, 0.717) is 11.4 Å². The highest BCUT2D eigenvalue weighted by Crippen LogP contribution is 2.27. The quantitative estimate of drug-likeness (QED) is 0.749. The molecule has 0 saturated heterocycles. The number of hydrogen-bond donors (Lipinski definition) is 0. The fourth-order valence-corrected chi connectivity index (χ4v) is 1.89. The van der Waals surface area contributed by atoms with Crippen LogP contribution < -0.4 is 0 Å². The summed E-state index contributed by atoms with van der Waals surface area (Å²) < 4.78 is 15.5. The summed E-state index contributed by atoms with van der Waals surface area (Å²) in [5.41, 5.74) is 2.12. The zero-order valence-corrected chi connectivity index (χ0v) is 9.71. The van der Waals surface area contributed by atoms with Gasteiger partial charge >= 0.3 is 0 Å². The summed E-state index contributed by atoms with van der Waals surface area (Å²) in [6.45, 7) is 2.76. The van der Waals surface area contributed by atoms with Crippen LogP contribution >= 0.6 is 11.6 Å². The molecule has 0 saturated carbocycles. The molecule has 2 nitrogen and oxygen atoms in total. The van der Waals surface area contributed by atoms with Gasteiger partial charge in [0, 0.05) is 29.7 Å². The molecule has 84 valence electrons. The van der Waals surface area contributed by atoms with Crippen LogP contribution in [0.2, 0.25) is 0 Å². The lowest BCUT2D eigenvalue weighted by Crippen LogP contribution is -1.93. The lowest BCUT2D eigenvalue weighted by Gasteiger charge is -2.05. The van der Waals surface area contributed by atoms with Crippen molar-refractivity contribution in [2.75, 3.05) is 0 Å². The number of benzene rings is 1. The Labute approximate surface area is 98.7 Å². The van der Waals surface area contributed by atoms with Crippen molar-refractivity contribution in [1.29, 1.82) is 0 Å². The van der Waals surface area contributed by atoms with Crippen LogP contribution in [0, 0.1) is 5.82 Å². The zero-order chi connectivity index (χ0) is 11.5. The average molecular weight is 239 g/mol. The van der Waals surface area contributed by atoms with Crippen LogP contribution in [0.5, 0.6) is 0 Å². The number of aromatic nitrogens is 2. The Hall–Kier alpha value is -1.35. The largest absolute Gasteiger partial charge is 0.272 e. The van der Waals surface area contributed by atoms with Crippen LogP contribution in [0.4, 0.5) is 4.39 Å². The van der Waals surface area contributed by atoms with Crippen molar-refractivity contribution in [3.63, 3.8) is 0 Å². The highest BCUT2D eigenvalue weighted by atomic mass is 35.5. The van der Waals surface area contributed by atoms with E-state index in [1.807, 2.05) is 19.2 Å². The van der Waals surface area contributed by atoms with Crippen LogP contribution in [-0.4, -0.2) is 9.78 Å². The van der Waals surface area contributed by atoms with Gasteiger partial charge in [-0.3, -0.25) is 4.68 Å². The number of hydrogen-bond acceptors (Lipinski definition) is 1. The van der Waals surface area contributed by atoms with E-state index < -0.39 is 0 Å². The minimum Gasteiger partial charge on any atom is -0.272 e. The van der Waals surface area contributed by atoms with Crippen molar-refractivity contribution in [3.05, 3.63) is 42.0 Å². The minimum atomic E-state index is -0.256. The van der Waals surface area contributed by atoms with Crippen LogP contribution in [0.25, 0.3) is 11.1 Å². The molecule has 0 unspecified atom stereocenters. The van der Waals surface area contributed by atoms with Crippen LogP contribution in [-0.2, 0) is 12.4 Å². The Kier molecular flexibility index (Phi) is 3.25. The molecule has 2 aromatic rings. The van der Waals surface area contributed by atoms with E-state index >= 15 is 0 Å². The maximum Gasteiger partial charge on any atom is 0.131 e. The first kappa shape index (κ1) is 11.1. The Morgan fingerprint density at radius 1 is 1.44 bits per heavy atom. The van der Waals surface area contributed by atoms with Gasteiger partial charge in [-0.1, -0.05) is 12.1 Å². The molecule has 0 aliphatic heterocycles. The van der Waals surface area contributed by atoms with Gasteiger partial charge in [0.2, 0.25) is 0 Å². The highest BCUT2D eigenvalue weighted by Gasteiger charge is 2.11. The predicted octanol–water partition coefficient (Wildman–Crippen LogP) is 3.45. The van der Waals surface area contributed by atoms with E-state index in [9.17, 15) is 4.39 Å². The van der Waals surface area contributed by atoms with Gasteiger partial charge in [0.15, 0.2) is 0 Å². The Bertz CT molecular complexity index is 494. The van der Waals surface area contributed by atoms with E-state index in [4.69, 9.17) is 11.6 Å². The monoisotopic (exact) mass is 238 g/mol. The number of alkyl halides is 1. The summed E-state index contributed by atoms with van der Waals surface area (Å²) in [4.78, 5) is 0. The second-order valence-electron chi connectivity index (χ2n) is 3.49. The van der Waals surface area contributed by atoms with Gasteiger partial charge in [-0.25, -0.2) is 4.39 Å². The number of aryl methyl sites for hydroxylation is 1. The van der Waals surface area contributed by atoms with E-state index in [2.05, 4.69) is 5.10 Å². The van der Waals surface area contributed by atoms with Gasteiger partial charge in [0.25, 0.3) is 0 Å². The van der Waals surface area contributed by atoms with Gasteiger partial charge < -0.3 is 0 Å². The molecule has 4 heteroatoms. The fraction of sp³-hybridized carbons (Fsp3) is 0.250. The molecule has 0 fully saturated rings. The average Bonchev–Trinajstić information content (AvgIpc) is 2.76. The molecule has 0 bridgehead atoms. The van der Waals surface area contributed by atoms with Crippen molar-refractivity contribution < 1.29 is 4.39 Å². The van der Waals surface area contributed by atoms with Crippen LogP contribution in [0.15, 0.2) is 30.6 Å². The molecule has 1 aromatic carbocycles. The van der Waals surface area contributed by atoms with E-state index in [1.165, 1.54) is 6.07 Å². The summed E-state index contributed by atoms with van der Waals surface area (Å²) in [6, 6.07) is 4.93. The Morgan fingerprint density at radius 3 is 2.88 bits per heavy atom. The van der Waals surface area contributed by atoms with Crippen molar-refractivity contribution in [2.24, 2.45) is 0 Å². The minimum absolute atomic E-state index is 0.256. The van der Waals surface area contributed by atoms with Gasteiger partial charge in [0.05, 0.1) is 6.20 Å². The molecule has 0 amide bonds. The maximum absolute atomic E-state index is 13.7. The third-order valence-corrected chi connectivity index (χ3v) is 2.78. The molecule has 2 rings (SSSR count). The van der Waals surface area contributed by atoms with E-state index in [0.717, 1.165) is 17.7 Å². The summed E-state index contributed by atoms with van der Waals surface area (Å²) in [5, 5.41) is 4.13. The number of rotatable bonds is 3. The zero-order valence-electron chi connectivity index (χ0n) is 8.95. The molecular weight excluding hydrogens is 227 g/mol. The summed E-state index contributed by atoms with van der Waals surface area (Å²) in [5.74, 6) is 0.0403. The molecule has 0 aliphatic rings. The number of halogens is 2. The standard InChI is InChI=1S/C12H12ClFN2/c1-2-16-8-10(7-15-16)12-9(6-13)4-3-5-11(12)14/h3-5,7-8H,2,6H2,1H3.